The Morgan fingerprint density at radius 3 is 2.94 bits per heavy atom. The number of carbonyl (C=O) groups excluding carboxylic acids is 1. The highest BCUT2D eigenvalue weighted by atomic mass is 35.5. The van der Waals surface area contributed by atoms with Gasteiger partial charge < -0.3 is 14.8 Å². The summed E-state index contributed by atoms with van der Waals surface area (Å²) in [6.07, 6.45) is 0. The normalized spacial score (nSPS) is 14.5. The molecule has 0 radical (unpaired) electrons. The lowest BCUT2D eigenvalue weighted by Gasteiger charge is -2.26. The fraction of sp³-hybridized carbons (Fsp3) is 0.333. The van der Waals surface area contributed by atoms with Crippen LogP contribution in [0.4, 0.5) is 14.3 Å². The zero-order valence-electron chi connectivity index (χ0n) is 16.7. The Labute approximate surface area is 188 Å². The summed E-state index contributed by atoms with van der Waals surface area (Å²) in [7, 11) is 0. The van der Waals surface area contributed by atoms with Crippen LogP contribution in [0.5, 0.6) is 5.75 Å². The van der Waals surface area contributed by atoms with Gasteiger partial charge in [0.05, 0.1) is 28.5 Å². The van der Waals surface area contributed by atoms with E-state index in [4.69, 9.17) is 21.1 Å². The first-order valence-electron chi connectivity index (χ1n) is 9.90. The standard InChI is InChI=1S/C21H22ClFN4O3S/c22-16-2-1-3-17(23)15(16)13-30-14-4-5-18-19(12-14)31-21(25-18)26-20(28)24-6-7-27-8-10-29-11-9-27/h1-5,12H,6-11,13H2,(H2,24,25,26,28). The largest absolute Gasteiger partial charge is 0.489 e. The van der Waals surface area contributed by atoms with E-state index in [9.17, 15) is 9.18 Å². The second kappa shape index (κ2) is 10.2. The van der Waals surface area contributed by atoms with Crippen molar-refractivity contribution < 1.29 is 18.7 Å². The smallest absolute Gasteiger partial charge is 0.321 e. The molecule has 0 atom stereocenters. The van der Waals surface area contributed by atoms with Crippen molar-refractivity contribution in [2.45, 2.75) is 6.61 Å². The molecule has 1 saturated heterocycles. The van der Waals surface area contributed by atoms with Crippen LogP contribution in [0.15, 0.2) is 36.4 Å². The van der Waals surface area contributed by atoms with Gasteiger partial charge in [0.2, 0.25) is 0 Å². The van der Waals surface area contributed by atoms with Crippen LogP contribution in [0.2, 0.25) is 5.02 Å². The molecule has 1 aliphatic heterocycles. The van der Waals surface area contributed by atoms with Crippen LogP contribution in [0.3, 0.4) is 0 Å². The number of ether oxygens (including phenoxy) is 2. The minimum absolute atomic E-state index is 0.0203. The van der Waals surface area contributed by atoms with Crippen molar-refractivity contribution in [3.05, 3.63) is 52.8 Å². The molecule has 0 saturated carbocycles. The number of hydrogen-bond acceptors (Lipinski definition) is 6. The zero-order valence-corrected chi connectivity index (χ0v) is 18.3. The second-order valence-corrected chi connectivity index (χ2v) is 8.41. The van der Waals surface area contributed by atoms with E-state index < -0.39 is 5.82 Å². The van der Waals surface area contributed by atoms with E-state index in [-0.39, 0.29) is 12.6 Å². The van der Waals surface area contributed by atoms with Crippen molar-refractivity contribution in [1.29, 1.82) is 0 Å². The van der Waals surface area contributed by atoms with E-state index in [1.165, 1.54) is 17.4 Å². The Morgan fingerprint density at radius 2 is 2.13 bits per heavy atom. The van der Waals surface area contributed by atoms with E-state index in [0.29, 0.717) is 28.0 Å². The van der Waals surface area contributed by atoms with Gasteiger partial charge in [-0.05, 0) is 30.3 Å². The maximum absolute atomic E-state index is 13.9. The first kappa shape index (κ1) is 21.8. The summed E-state index contributed by atoms with van der Waals surface area (Å²) in [5.74, 6) is 0.162. The van der Waals surface area contributed by atoms with E-state index in [1.807, 2.05) is 6.07 Å². The molecule has 164 valence electrons. The molecule has 3 aromatic rings. The number of carbonyl (C=O) groups is 1. The number of anilines is 1. The van der Waals surface area contributed by atoms with Gasteiger partial charge in [-0.3, -0.25) is 10.2 Å². The van der Waals surface area contributed by atoms with Crippen LogP contribution in [0.1, 0.15) is 5.56 Å². The molecule has 10 heteroatoms. The molecule has 2 amide bonds. The summed E-state index contributed by atoms with van der Waals surface area (Å²) in [6, 6.07) is 9.59. The molecule has 7 nitrogen and oxygen atoms in total. The van der Waals surface area contributed by atoms with Crippen LogP contribution >= 0.6 is 22.9 Å². The van der Waals surface area contributed by atoms with Gasteiger partial charge in [-0.2, -0.15) is 0 Å². The number of nitrogens with zero attached hydrogens (tertiary/aromatic N) is 2. The van der Waals surface area contributed by atoms with Crippen molar-refractivity contribution in [2.75, 3.05) is 44.7 Å². The quantitative estimate of drug-likeness (QED) is 0.550. The van der Waals surface area contributed by atoms with Crippen molar-refractivity contribution >= 4 is 44.3 Å². The SMILES string of the molecule is O=C(NCCN1CCOCC1)Nc1nc2ccc(OCc3c(F)cccc3Cl)cc2s1. The lowest BCUT2D eigenvalue weighted by atomic mass is 10.2. The molecule has 0 spiro atoms. The van der Waals surface area contributed by atoms with Crippen LogP contribution in [0, 0.1) is 5.82 Å². The van der Waals surface area contributed by atoms with Gasteiger partial charge in [0.15, 0.2) is 5.13 Å². The number of halogens is 2. The molecule has 2 aromatic carbocycles. The maximum atomic E-state index is 13.9. The van der Waals surface area contributed by atoms with E-state index in [1.54, 1.807) is 24.3 Å². The van der Waals surface area contributed by atoms with Crippen molar-refractivity contribution in [3.63, 3.8) is 0 Å². The summed E-state index contributed by atoms with van der Waals surface area (Å²) in [6.45, 7) is 4.58. The molecule has 1 fully saturated rings. The molecule has 2 heterocycles. The van der Waals surface area contributed by atoms with Gasteiger partial charge in [-0.25, -0.2) is 14.2 Å². The van der Waals surface area contributed by atoms with E-state index in [0.717, 1.165) is 43.1 Å². The number of aromatic nitrogens is 1. The van der Waals surface area contributed by atoms with Gasteiger partial charge in [0.1, 0.15) is 18.2 Å². The summed E-state index contributed by atoms with van der Waals surface area (Å²) in [5, 5.41) is 6.43. The van der Waals surface area contributed by atoms with Crippen molar-refractivity contribution in [1.82, 2.24) is 15.2 Å². The average Bonchev–Trinajstić information content (AvgIpc) is 3.15. The number of amides is 2. The Balaban J connectivity index is 1.31. The molecule has 0 bridgehead atoms. The van der Waals surface area contributed by atoms with Gasteiger partial charge in [0.25, 0.3) is 0 Å². The topological polar surface area (TPSA) is 75.7 Å². The molecule has 2 N–H and O–H groups in total. The number of urea groups is 1. The van der Waals surface area contributed by atoms with Crippen LogP contribution in [0.25, 0.3) is 10.2 Å². The van der Waals surface area contributed by atoms with Gasteiger partial charge >= 0.3 is 6.03 Å². The predicted octanol–water partition coefficient (Wildman–Crippen LogP) is 4.12. The number of rotatable bonds is 7. The summed E-state index contributed by atoms with van der Waals surface area (Å²) >= 11 is 7.38. The molecular weight excluding hydrogens is 443 g/mol. The first-order valence-corrected chi connectivity index (χ1v) is 11.1. The third kappa shape index (κ3) is 5.82. The fourth-order valence-corrected chi connectivity index (χ4v) is 4.27. The molecule has 31 heavy (non-hydrogen) atoms. The van der Waals surface area contributed by atoms with Gasteiger partial charge in [0, 0.05) is 31.7 Å². The number of hydrogen-bond donors (Lipinski definition) is 2. The van der Waals surface area contributed by atoms with Crippen LogP contribution in [-0.2, 0) is 11.3 Å². The number of morpholine rings is 1. The molecule has 0 aliphatic carbocycles. The minimum atomic E-state index is -0.405. The molecule has 4 rings (SSSR count). The van der Waals surface area contributed by atoms with Crippen molar-refractivity contribution in [2.24, 2.45) is 0 Å². The van der Waals surface area contributed by atoms with E-state index >= 15 is 0 Å². The van der Waals surface area contributed by atoms with Crippen molar-refractivity contribution in [3.8, 4) is 5.75 Å². The number of thiazole rings is 1. The second-order valence-electron chi connectivity index (χ2n) is 6.97. The Morgan fingerprint density at radius 1 is 1.29 bits per heavy atom. The Bertz CT molecular complexity index is 1040. The fourth-order valence-electron chi connectivity index (χ4n) is 3.17. The first-order chi connectivity index (χ1) is 15.1. The molecule has 1 aliphatic rings. The number of benzene rings is 2. The Hall–Kier alpha value is -2.46. The highest BCUT2D eigenvalue weighted by molar-refractivity contribution is 7.22. The highest BCUT2D eigenvalue weighted by Gasteiger charge is 2.12. The predicted molar refractivity (Wildman–Crippen MR) is 120 cm³/mol. The monoisotopic (exact) mass is 464 g/mol. The summed E-state index contributed by atoms with van der Waals surface area (Å²) < 4.78 is 25.8. The van der Waals surface area contributed by atoms with E-state index in [2.05, 4.69) is 20.5 Å². The maximum Gasteiger partial charge on any atom is 0.321 e. The number of fused-ring (bicyclic) bond motifs is 1. The average molecular weight is 465 g/mol. The summed E-state index contributed by atoms with van der Waals surface area (Å²) in [4.78, 5) is 18.8. The lowest BCUT2D eigenvalue weighted by molar-refractivity contribution is 0.0388. The van der Waals surface area contributed by atoms with Crippen LogP contribution < -0.4 is 15.4 Å². The van der Waals surface area contributed by atoms with Gasteiger partial charge in [-0.15, -0.1) is 0 Å². The zero-order chi connectivity index (χ0) is 21.6. The summed E-state index contributed by atoms with van der Waals surface area (Å²) in [5.41, 5.74) is 1.05. The number of nitrogens with one attached hydrogen (secondary N) is 2. The lowest BCUT2D eigenvalue weighted by Crippen LogP contribution is -2.42. The van der Waals surface area contributed by atoms with Crippen LogP contribution in [-0.4, -0.2) is 55.3 Å². The highest BCUT2D eigenvalue weighted by Crippen LogP contribution is 2.30. The molecule has 1 aromatic heterocycles. The molecule has 0 unspecified atom stereocenters. The third-order valence-corrected chi connectivity index (χ3v) is 6.13. The molecular formula is C21H22ClFN4O3S. The van der Waals surface area contributed by atoms with Gasteiger partial charge in [-0.1, -0.05) is 29.0 Å². The Kier molecular flexibility index (Phi) is 7.18. The third-order valence-electron chi connectivity index (χ3n) is 4.84. The minimum Gasteiger partial charge on any atom is -0.489 e.